The molecule has 1 aliphatic heterocycles. The van der Waals surface area contributed by atoms with Crippen molar-refractivity contribution in [2.75, 3.05) is 26.2 Å². The van der Waals surface area contributed by atoms with Crippen molar-refractivity contribution in [1.29, 1.82) is 0 Å². The second-order valence-corrected chi connectivity index (χ2v) is 8.13. The minimum atomic E-state index is 0.490. The van der Waals surface area contributed by atoms with Crippen LogP contribution < -0.4 is 0 Å². The van der Waals surface area contributed by atoms with E-state index in [4.69, 9.17) is 27.6 Å². The van der Waals surface area contributed by atoms with Gasteiger partial charge in [-0.3, -0.25) is 4.90 Å². The second-order valence-electron chi connectivity index (χ2n) is 7.32. The first kappa shape index (κ1) is 18.2. The maximum absolute atomic E-state index is 6.18. The summed E-state index contributed by atoms with van der Waals surface area (Å²) in [6.07, 6.45) is 4.95. The van der Waals surface area contributed by atoms with Gasteiger partial charge in [0.15, 0.2) is 0 Å². The standard InChI is InChI=1S/C19H24Cl2N4O/c20-16-6-3-14(11-17(16)21)12-25(10-9-24-7-1-2-8-24)13-18-22-23-19(26-18)15-4-5-15/h3,6,11,15H,1-2,4-5,7-10,12-13H2. The van der Waals surface area contributed by atoms with Crippen molar-refractivity contribution in [3.63, 3.8) is 0 Å². The summed E-state index contributed by atoms with van der Waals surface area (Å²) in [5.74, 6) is 1.99. The van der Waals surface area contributed by atoms with E-state index < -0.39 is 0 Å². The lowest BCUT2D eigenvalue weighted by Crippen LogP contribution is -2.33. The Morgan fingerprint density at radius 2 is 1.88 bits per heavy atom. The third-order valence-electron chi connectivity index (χ3n) is 5.09. The minimum Gasteiger partial charge on any atom is -0.424 e. The molecule has 1 aromatic heterocycles. The predicted octanol–water partition coefficient (Wildman–Crippen LogP) is 4.35. The fourth-order valence-electron chi connectivity index (χ4n) is 3.42. The quantitative estimate of drug-likeness (QED) is 0.665. The highest BCUT2D eigenvalue weighted by atomic mass is 35.5. The molecule has 1 saturated carbocycles. The molecule has 2 aliphatic rings. The minimum absolute atomic E-state index is 0.490. The van der Waals surface area contributed by atoms with Crippen molar-refractivity contribution in [2.45, 2.75) is 44.7 Å². The fraction of sp³-hybridized carbons (Fsp3) is 0.579. The molecule has 0 radical (unpaired) electrons. The van der Waals surface area contributed by atoms with Crippen LogP contribution in [0.25, 0.3) is 0 Å². The lowest BCUT2D eigenvalue weighted by molar-refractivity contribution is 0.195. The molecule has 1 saturated heterocycles. The zero-order chi connectivity index (χ0) is 17.9. The highest BCUT2D eigenvalue weighted by molar-refractivity contribution is 6.42. The lowest BCUT2D eigenvalue weighted by Gasteiger charge is -2.24. The van der Waals surface area contributed by atoms with Crippen LogP contribution in [0.1, 0.15) is 48.9 Å². The van der Waals surface area contributed by atoms with Crippen molar-refractivity contribution in [3.8, 4) is 0 Å². The van der Waals surface area contributed by atoms with E-state index in [1.165, 1.54) is 38.8 Å². The third-order valence-corrected chi connectivity index (χ3v) is 5.83. The molecule has 1 aliphatic carbocycles. The Balaban J connectivity index is 1.42. The van der Waals surface area contributed by atoms with E-state index in [0.717, 1.165) is 31.1 Å². The highest BCUT2D eigenvalue weighted by Gasteiger charge is 2.29. The Bertz CT molecular complexity index is 741. The number of aromatic nitrogens is 2. The highest BCUT2D eigenvalue weighted by Crippen LogP contribution is 2.39. The van der Waals surface area contributed by atoms with Crippen molar-refractivity contribution in [2.24, 2.45) is 0 Å². The Kier molecular flexibility index (Phi) is 5.79. The van der Waals surface area contributed by atoms with Gasteiger partial charge >= 0.3 is 0 Å². The van der Waals surface area contributed by atoms with Gasteiger partial charge in [-0.25, -0.2) is 0 Å². The summed E-state index contributed by atoms with van der Waals surface area (Å²) in [6, 6.07) is 5.83. The smallest absolute Gasteiger partial charge is 0.230 e. The van der Waals surface area contributed by atoms with Gasteiger partial charge in [0.2, 0.25) is 11.8 Å². The van der Waals surface area contributed by atoms with Crippen molar-refractivity contribution in [1.82, 2.24) is 20.0 Å². The zero-order valence-electron chi connectivity index (χ0n) is 14.8. The summed E-state index contributed by atoms with van der Waals surface area (Å²) in [5, 5.41) is 9.64. The Morgan fingerprint density at radius 3 is 2.62 bits per heavy atom. The molecule has 26 heavy (non-hydrogen) atoms. The molecule has 0 bridgehead atoms. The molecule has 0 spiro atoms. The number of hydrogen-bond acceptors (Lipinski definition) is 5. The summed E-state index contributed by atoms with van der Waals surface area (Å²) >= 11 is 12.2. The van der Waals surface area contributed by atoms with Crippen LogP contribution >= 0.6 is 23.2 Å². The van der Waals surface area contributed by atoms with Gasteiger partial charge in [-0.1, -0.05) is 29.3 Å². The first-order valence-electron chi connectivity index (χ1n) is 9.38. The van der Waals surface area contributed by atoms with Gasteiger partial charge in [0.05, 0.1) is 16.6 Å². The summed E-state index contributed by atoms with van der Waals surface area (Å²) in [7, 11) is 0. The summed E-state index contributed by atoms with van der Waals surface area (Å²) < 4.78 is 5.87. The van der Waals surface area contributed by atoms with Gasteiger partial charge in [0.25, 0.3) is 0 Å². The molecule has 0 amide bonds. The molecule has 2 aromatic rings. The molecule has 0 N–H and O–H groups in total. The molecule has 2 fully saturated rings. The molecule has 7 heteroatoms. The van der Waals surface area contributed by atoms with E-state index >= 15 is 0 Å². The van der Waals surface area contributed by atoms with Crippen LogP contribution in [-0.4, -0.2) is 46.2 Å². The number of hydrogen-bond donors (Lipinski definition) is 0. The Hall–Kier alpha value is -1.14. The average Bonchev–Trinajstić information content (AvgIpc) is 3.15. The number of rotatable bonds is 8. The van der Waals surface area contributed by atoms with E-state index in [-0.39, 0.29) is 0 Å². The van der Waals surface area contributed by atoms with Crippen molar-refractivity contribution < 1.29 is 4.42 Å². The SMILES string of the molecule is Clc1ccc(CN(CCN2CCCC2)Cc2nnc(C3CC3)o2)cc1Cl. The number of nitrogens with zero attached hydrogens (tertiary/aromatic N) is 4. The second kappa shape index (κ2) is 8.26. The summed E-state index contributed by atoms with van der Waals surface area (Å²) in [6.45, 7) is 5.87. The first-order chi connectivity index (χ1) is 12.7. The van der Waals surface area contributed by atoms with Crippen molar-refractivity contribution in [3.05, 3.63) is 45.6 Å². The third kappa shape index (κ3) is 4.77. The van der Waals surface area contributed by atoms with Gasteiger partial charge in [-0.05, 0) is 56.5 Å². The molecule has 0 atom stereocenters. The van der Waals surface area contributed by atoms with Gasteiger partial charge in [-0.2, -0.15) is 0 Å². The van der Waals surface area contributed by atoms with Crippen LogP contribution in [0.2, 0.25) is 10.0 Å². The van der Waals surface area contributed by atoms with E-state index in [1.807, 2.05) is 18.2 Å². The van der Waals surface area contributed by atoms with Crippen LogP contribution in [-0.2, 0) is 13.1 Å². The predicted molar refractivity (Wildman–Crippen MR) is 103 cm³/mol. The summed E-state index contributed by atoms with van der Waals surface area (Å²) in [4.78, 5) is 4.87. The topological polar surface area (TPSA) is 45.4 Å². The molecule has 4 rings (SSSR count). The monoisotopic (exact) mass is 394 g/mol. The van der Waals surface area contributed by atoms with Crippen LogP contribution in [0.5, 0.6) is 0 Å². The number of likely N-dealkylation sites (tertiary alicyclic amines) is 1. The maximum atomic E-state index is 6.18. The number of halogens is 2. The van der Waals surface area contributed by atoms with E-state index in [1.54, 1.807) is 0 Å². The normalized spacial score (nSPS) is 18.1. The van der Waals surface area contributed by atoms with Crippen LogP contribution in [0, 0.1) is 0 Å². The van der Waals surface area contributed by atoms with Crippen LogP contribution in [0.3, 0.4) is 0 Å². The Morgan fingerprint density at radius 1 is 1.08 bits per heavy atom. The van der Waals surface area contributed by atoms with Crippen molar-refractivity contribution >= 4 is 23.2 Å². The average molecular weight is 395 g/mol. The van der Waals surface area contributed by atoms with Gasteiger partial charge in [0.1, 0.15) is 0 Å². The maximum Gasteiger partial charge on any atom is 0.230 e. The van der Waals surface area contributed by atoms with E-state index in [2.05, 4.69) is 20.0 Å². The Labute approximate surface area is 164 Å². The molecule has 140 valence electrons. The molecule has 2 heterocycles. The van der Waals surface area contributed by atoms with E-state index in [9.17, 15) is 0 Å². The largest absolute Gasteiger partial charge is 0.424 e. The zero-order valence-corrected chi connectivity index (χ0v) is 16.3. The lowest BCUT2D eigenvalue weighted by atomic mass is 10.2. The molecule has 0 unspecified atom stereocenters. The van der Waals surface area contributed by atoms with Gasteiger partial charge < -0.3 is 9.32 Å². The van der Waals surface area contributed by atoms with Gasteiger partial charge in [-0.15, -0.1) is 10.2 Å². The first-order valence-corrected chi connectivity index (χ1v) is 10.1. The van der Waals surface area contributed by atoms with E-state index in [0.29, 0.717) is 28.4 Å². The molecular formula is C19H24Cl2N4O. The van der Waals surface area contributed by atoms with Gasteiger partial charge in [0, 0.05) is 25.6 Å². The molecule has 1 aromatic carbocycles. The fourth-order valence-corrected chi connectivity index (χ4v) is 3.74. The molecule has 5 nitrogen and oxygen atoms in total. The molecular weight excluding hydrogens is 371 g/mol. The summed E-state index contributed by atoms with van der Waals surface area (Å²) in [5.41, 5.74) is 1.14. The van der Waals surface area contributed by atoms with Crippen LogP contribution in [0.15, 0.2) is 22.6 Å². The van der Waals surface area contributed by atoms with Crippen LogP contribution in [0.4, 0.5) is 0 Å². The number of benzene rings is 1.